The number of halogens is 2. The van der Waals surface area contributed by atoms with Crippen LogP contribution in [0, 0.1) is 11.8 Å². The molecule has 0 aromatic carbocycles. The SMILES string of the molecule is CC1(C)O[C@H]2[C@H](n3ccc4c(Cl)ncnc43)C[C@H](CO)[C@@]2(C)O1.COC(C)(C)C.C[C@@]1(O)[C@@H](CO)C[C@@H](n2ccc3c(Cl)ncnc32)[C@@H]1O. The zero-order chi connectivity index (χ0) is 36.1. The van der Waals surface area contributed by atoms with Crippen LogP contribution < -0.4 is 0 Å². The second-order valence-corrected chi connectivity index (χ2v) is 15.5. The minimum atomic E-state index is -1.33. The third-order valence-corrected chi connectivity index (χ3v) is 10.7. The van der Waals surface area contributed by atoms with E-state index in [9.17, 15) is 20.4 Å². The van der Waals surface area contributed by atoms with E-state index in [2.05, 4.69) is 24.5 Å². The van der Waals surface area contributed by atoms with Gasteiger partial charge in [0.2, 0.25) is 0 Å². The predicted molar refractivity (Wildman–Crippen MR) is 185 cm³/mol. The molecule has 0 bridgehead atoms. The third-order valence-electron chi connectivity index (χ3n) is 10.1. The average Bonchev–Trinajstić information content (AvgIpc) is 3.81. The summed E-state index contributed by atoms with van der Waals surface area (Å²) >= 11 is 12.2. The molecule has 4 aromatic heterocycles. The van der Waals surface area contributed by atoms with Crippen LogP contribution in [0.3, 0.4) is 0 Å². The lowest BCUT2D eigenvalue weighted by Crippen LogP contribution is -2.43. The maximum atomic E-state index is 10.4. The van der Waals surface area contributed by atoms with Crippen LogP contribution in [0.15, 0.2) is 37.2 Å². The van der Waals surface area contributed by atoms with Crippen LogP contribution >= 0.6 is 23.2 Å². The zero-order valence-electron chi connectivity index (χ0n) is 29.2. The number of rotatable bonds is 4. The number of nitrogens with zero attached hydrogens (tertiary/aromatic N) is 6. The second kappa shape index (κ2) is 13.9. The number of hydrogen-bond acceptors (Lipinski definition) is 11. The summed E-state index contributed by atoms with van der Waals surface area (Å²) in [6, 6.07) is 3.38. The van der Waals surface area contributed by atoms with Gasteiger partial charge in [-0.1, -0.05) is 23.2 Å². The number of hydrogen-bond donors (Lipinski definition) is 4. The molecule has 0 radical (unpaired) electrons. The molecule has 2 aliphatic carbocycles. The fourth-order valence-corrected chi connectivity index (χ4v) is 7.59. The lowest BCUT2D eigenvalue weighted by Gasteiger charge is -2.29. The normalized spacial score (nSPS) is 32.1. The lowest BCUT2D eigenvalue weighted by molar-refractivity contribution is -0.178. The Bertz CT molecular complexity index is 1760. The number of aromatic nitrogens is 6. The fraction of sp³-hybridized carbons (Fsp3) is 0.647. The molecule has 3 fully saturated rings. The van der Waals surface area contributed by atoms with Gasteiger partial charge >= 0.3 is 0 Å². The highest BCUT2D eigenvalue weighted by atomic mass is 35.5. The maximum Gasteiger partial charge on any atom is 0.164 e. The van der Waals surface area contributed by atoms with E-state index >= 15 is 0 Å². The topological polar surface area (TPSA) is 170 Å². The van der Waals surface area contributed by atoms with Crippen molar-refractivity contribution in [3.63, 3.8) is 0 Å². The molecule has 5 heterocycles. The zero-order valence-corrected chi connectivity index (χ0v) is 30.7. The summed E-state index contributed by atoms with van der Waals surface area (Å²) in [6.45, 7) is 13.4. The third kappa shape index (κ3) is 7.19. The van der Waals surface area contributed by atoms with Gasteiger partial charge < -0.3 is 43.8 Å². The minimum absolute atomic E-state index is 0.00836. The highest BCUT2D eigenvalue weighted by Crippen LogP contribution is 2.54. The van der Waals surface area contributed by atoms with Crippen LogP contribution in [-0.2, 0) is 14.2 Å². The van der Waals surface area contributed by atoms with Gasteiger partial charge in [0.25, 0.3) is 0 Å². The molecule has 4 aromatic rings. The number of fused-ring (bicyclic) bond motifs is 3. The molecule has 15 heteroatoms. The molecule has 49 heavy (non-hydrogen) atoms. The number of methoxy groups -OCH3 is 1. The molecule has 0 spiro atoms. The van der Waals surface area contributed by atoms with Crippen LogP contribution in [0.1, 0.15) is 73.4 Å². The first-order valence-corrected chi connectivity index (χ1v) is 17.1. The van der Waals surface area contributed by atoms with Crippen molar-refractivity contribution in [2.75, 3.05) is 20.3 Å². The van der Waals surface area contributed by atoms with Crippen molar-refractivity contribution >= 4 is 45.3 Å². The average molecular weight is 724 g/mol. The lowest BCUT2D eigenvalue weighted by atomic mass is 9.92. The maximum absolute atomic E-state index is 10.4. The monoisotopic (exact) mass is 722 g/mol. The molecular weight excluding hydrogens is 675 g/mol. The van der Waals surface area contributed by atoms with Gasteiger partial charge in [-0.3, -0.25) is 0 Å². The smallest absolute Gasteiger partial charge is 0.164 e. The van der Waals surface area contributed by atoms with Gasteiger partial charge in [0, 0.05) is 44.6 Å². The van der Waals surface area contributed by atoms with E-state index in [1.807, 2.05) is 53.8 Å². The molecule has 7 rings (SSSR count). The summed E-state index contributed by atoms with van der Waals surface area (Å²) in [7, 11) is 1.71. The molecule has 0 unspecified atom stereocenters. The second-order valence-electron chi connectivity index (χ2n) is 14.8. The summed E-state index contributed by atoms with van der Waals surface area (Å²) < 4.78 is 21.2. The van der Waals surface area contributed by atoms with Gasteiger partial charge in [0.15, 0.2) is 5.79 Å². The number of aliphatic hydroxyl groups is 4. The van der Waals surface area contributed by atoms with E-state index in [1.165, 1.54) is 12.7 Å². The highest BCUT2D eigenvalue weighted by Gasteiger charge is 2.62. The summed E-state index contributed by atoms with van der Waals surface area (Å²) in [6.07, 6.45) is 6.66. The Kier molecular flexibility index (Phi) is 10.7. The molecule has 4 N–H and O–H groups in total. The molecule has 8 atom stereocenters. The van der Waals surface area contributed by atoms with Crippen LogP contribution in [0.2, 0.25) is 10.3 Å². The van der Waals surface area contributed by atoms with E-state index in [4.69, 9.17) is 37.4 Å². The fourth-order valence-electron chi connectivity index (χ4n) is 7.21. The Hall–Kier alpha value is -2.46. The van der Waals surface area contributed by atoms with Crippen molar-refractivity contribution < 1.29 is 34.6 Å². The number of aliphatic hydroxyl groups excluding tert-OH is 3. The van der Waals surface area contributed by atoms with E-state index < -0.39 is 23.1 Å². The van der Waals surface area contributed by atoms with E-state index in [0.717, 1.165) is 17.5 Å². The van der Waals surface area contributed by atoms with Crippen LogP contribution in [0.25, 0.3) is 22.1 Å². The van der Waals surface area contributed by atoms with E-state index in [-0.39, 0.29) is 48.8 Å². The first-order valence-electron chi connectivity index (χ1n) is 16.4. The quantitative estimate of drug-likeness (QED) is 0.215. The van der Waals surface area contributed by atoms with Gasteiger partial charge in [0.1, 0.15) is 52.1 Å². The molecule has 13 nitrogen and oxygen atoms in total. The standard InChI is InChI=1S/C16H20ClN3O3.C13H16ClN3O3.C5H12O/c1-15(2)22-12-11(6-9(7-21)16(12,3)23-15)20-5-4-10-13(17)18-8-19-14(10)20;1-13(20)7(5-18)4-9(10(13)19)17-3-2-8-11(14)15-6-16-12(8)17;1-5(2,3)6-4/h4-5,8-9,11-12,21H,6-7H2,1-3H3;2-3,6-7,9-10,18-20H,4-5H2,1H3;1-4H3/t9-,11-,12+,16-;7-,9-,10+,13-;/m11./s1. The molecule has 1 saturated heterocycles. The summed E-state index contributed by atoms with van der Waals surface area (Å²) in [5, 5.41) is 42.2. The Morgan fingerprint density at radius 3 is 1.78 bits per heavy atom. The van der Waals surface area contributed by atoms with Gasteiger partial charge in [0.05, 0.1) is 34.1 Å². The van der Waals surface area contributed by atoms with Crippen LogP contribution in [0.4, 0.5) is 0 Å². The van der Waals surface area contributed by atoms with Crippen molar-refractivity contribution in [1.82, 2.24) is 29.1 Å². The molecule has 270 valence electrons. The van der Waals surface area contributed by atoms with E-state index in [1.54, 1.807) is 30.9 Å². The Balaban J connectivity index is 0.000000166. The Morgan fingerprint density at radius 1 is 0.857 bits per heavy atom. The largest absolute Gasteiger partial charge is 0.396 e. The molecular formula is C34H48Cl2N6O7. The van der Waals surface area contributed by atoms with Gasteiger partial charge in [-0.15, -0.1) is 0 Å². The molecule has 2 saturated carbocycles. The van der Waals surface area contributed by atoms with Crippen molar-refractivity contribution in [1.29, 1.82) is 0 Å². The van der Waals surface area contributed by atoms with Gasteiger partial charge in [-0.05, 0) is 73.4 Å². The highest BCUT2D eigenvalue weighted by molar-refractivity contribution is 6.34. The Labute approximate surface area is 296 Å². The first-order chi connectivity index (χ1) is 22.9. The van der Waals surface area contributed by atoms with Gasteiger partial charge in [-0.2, -0.15) is 0 Å². The van der Waals surface area contributed by atoms with Crippen LogP contribution in [0.5, 0.6) is 0 Å². The van der Waals surface area contributed by atoms with E-state index in [0.29, 0.717) is 27.8 Å². The predicted octanol–water partition coefficient (Wildman–Crippen LogP) is 4.73. The van der Waals surface area contributed by atoms with Gasteiger partial charge in [-0.25, -0.2) is 19.9 Å². The molecule has 0 amide bonds. The van der Waals surface area contributed by atoms with Crippen molar-refractivity contribution in [3.8, 4) is 0 Å². The summed E-state index contributed by atoms with van der Waals surface area (Å²) in [5.41, 5.74) is -0.406. The molecule has 3 aliphatic rings. The number of ether oxygens (including phenoxy) is 3. The summed E-state index contributed by atoms with van der Waals surface area (Å²) in [4.78, 5) is 16.5. The Morgan fingerprint density at radius 2 is 1.33 bits per heavy atom. The van der Waals surface area contributed by atoms with Crippen molar-refractivity contribution in [3.05, 3.63) is 47.5 Å². The summed E-state index contributed by atoms with van der Waals surface area (Å²) in [5.74, 6) is -1.03. The van der Waals surface area contributed by atoms with Crippen molar-refractivity contribution in [2.24, 2.45) is 11.8 Å². The first kappa shape index (κ1) is 37.8. The van der Waals surface area contributed by atoms with Crippen LogP contribution in [-0.4, -0.2) is 105 Å². The molecule has 1 aliphatic heterocycles. The minimum Gasteiger partial charge on any atom is -0.396 e. The van der Waals surface area contributed by atoms with Crippen molar-refractivity contribution in [2.45, 2.75) is 108 Å².